The molecule has 168 valence electrons. The maximum atomic E-state index is 12.8. The Balaban J connectivity index is 1.76. The SMILES string of the molecule is CC1(C)CCC[C@]2(C)Oc3c(O)ccc(-c4oc5cc(O)cc(O)c5c(=O)c4O)c3C[C@@H]12. The lowest BCUT2D eigenvalue weighted by molar-refractivity contribution is -0.0826. The Labute approximate surface area is 184 Å². The molecule has 1 aromatic heterocycles. The summed E-state index contributed by atoms with van der Waals surface area (Å²) in [5, 5.41) is 41.0. The Morgan fingerprint density at radius 1 is 1.00 bits per heavy atom. The molecule has 2 atom stereocenters. The Kier molecular flexibility index (Phi) is 4.22. The molecule has 5 rings (SSSR count). The van der Waals surface area contributed by atoms with Crippen molar-refractivity contribution >= 4 is 11.0 Å². The number of aromatic hydroxyl groups is 4. The van der Waals surface area contributed by atoms with Gasteiger partial charge < -0.3 is 29.6 Å². The summed E-state index contributed by atoms with van der Waals surface area (Å²) in [7, 11) is 0. The quantitative estimate of drug-likeness (QED) is 0.431. The van der Waals surface area contributed by atoms with Gasteiger partial charge in [0, 0.05) is 29.2 Å². The lowest BCUT2D eigenvalue weighted by atomic mass is 9.59. The van der Waals surface area contributed by atoms with Crippen LogP contribution in [-0.4, -0.2) is 26.0 Å². The van der Waals surface area contributed by atoms with Crippen LogP contribution in [0.3, 0.4) is 0 Å². The lowest BCUT2D eigenvalue weighted by Crippen LogP contribution is -2.54. The maximum absolute atomic E-state index is 12.8. The predicted octanol–water partition coefficient (Wildman–Crippen LogP) is 4.80. The molecule has 1 aliphatic heterocycles. The van der Waals surface area contributed by atoms with Crippen molar-refractivity contribution in [2.75, 3.05) is 0 Å². The van der Waals surface area contributed by atoms with Gasteiger partial charge in [-0.2, -0.15) is 0 Å². The van der Waals surface area contributed by atoms with Crippen LogP contribution in [0.25, 0.3) is 22.3 Å². The number of rotatable bonds is 1. The first-order chi connectivity index (χ1) is 15.0. The molecule has 2 heterocycles. The van der Waals surface area contributed by atoms with Crippen LogP contribution in [0.2, 0.25) is 0 Å². The molecular formula is C25H26O7. The number of fused-ring (bicyclic) bond motifs is 3. The van der Waals surface area contributed by atoms with Crippen LogP contribution in [0.15, 0.2) is 33.5 Å². The zero-order valence-electron chi connectivity index (χ0n) is 18.2. The first-order valence-electron chi connectivity index (χ1n) is 10.8. The summed E-state index contributed by atoms with van der Waals surface area (Å²) < 4.78 is 12.2. The van der Waals surface area contributed by atoms with E-state index in [1.54, 1.807) is 6.07 Å². The summed E-state index contributed by atoms with van der Waals surface area (Å²) in [6.45, 7) is 6.50. The van der Waals surface area contributed by atoms with E-state index >= 15 is 0 Å². The molecule has 0 radical (unpaired) electrons. The predicted molar refractivity (Wildman–Crippen MR) is 118 cm³/mol. The minimum atomic E-state index is -0.805. The highest BCUT2D eigenvalue weighted by molar-refractivity contribution is 5.88. The zero-order chi connectivity index (χ0) is 23.0. The van der Waals surface area contributed by atoms with Crippen molar-refractivity contribution in [1.29, 1.82) is 0 Å². The van der Waals surface area contributed by atoms with Gasteiger partial charge in [-0.25, -0.2) is 0 Å². The van der Waals surface area contributed by atoms with Crippen LogP contribution >= 0.6 is 0 Å². The Hall–Kier alpha value is -3.35. The van der Waals surface area contributed by atoms with Crippen LogP contribution < -0.4 is 10.2 Å². The third-order valence-electron chi connectivity index (χ3n) is 7.34. The highest BCUT2D eigenvalue weighted by Crippen LogP contribution is 2.56. The summed E-state index contributed by atoms with van der Waals surface area (Å²) in [4.78, 5) is 12.8. The molecule has 0 amide bonds. The van der Waals surface area contributed by atoms with E-state index in [9.17, 15) is 25.2 Å². The van der Waals surface area contributed by atoms with Gasteiger partial charge in [-0.05, 0) is 50.2 Å². The molecule has 32 heavy (non-hydrogen) atoms. The molecule has 0 saturated heterocycles. The van der Waals surface area contributed by atoms with Crippen LogP contribution in [-0.2, 0) is 6.42 Å². The second kappa shape index (κ2) is 6.58. The summed E-state index contributed by atoms with van der Waals surface area (Å²) in [6.07, 6.45) is 3.53. The summed E-state index contributed by atoms with van der Waals surface area (Å²) >= 11 is 0. The lowest BCUT2D eigenvalue weighted by Gasteiger charge is -2.53. The third-order valence-corrected chi connectivity index (χ3v) is 7.34. The molecule has 7 heteroatoms. The molecule has 1 aliphatic carbocycles. The molecular weight excluding hydrogens is 412 g/mol. The summed E-state index contributed by atoms with van der Waals surface area (Å²) in [5.74, 6) is -1.02. The molecule has 0 bridgehead atoms. The second-order valence-electron chi connectivity index (χ2n) is 9.90. The van der Waals surface area contributed by atoms with Crippen LogP contribution in [0.1, 0.15) is 45.6 Å². The number of phenolic OH excluding ortho intramolecular Hbond substituents is 3. The van der Waals surface area contributed by atoms with Crippen molar-refractivity contribution in [3.63, 3.8) is 0 Å². The van der Waals surface area contributed by atoms with Gasteiger partial charge >= 0.3 is 0 Å². The fourth-order valence-corrected chi connectivity index (χ4v) is 5.72. The first kappa shape index (κ1) is 20.5. The molecule has 4 N–H and O–H groups in total. The Morgan fingerprint density at radius 3 is 2.50 bits per heavy atom. The van der Waals surface area contributed by atoms with Gasteiger partial charge in [-0.3, -0.25) is 4.79 Å². The van der Waals surface area contributed by atoms with Crippen LogP contribution in [0, 0.1) is 11.3 Å². The third kappa shape index (κ3) is 2.83. The van der Waals surface area contributed by atoms with Gasteiger partial charge in [-0.15, -0.1) is 0 Å². The molecule has 1 saturated carbocycles. The molecule has 1 fully saturated rings. The molecule has 3 aromatic rings. The number of hydrogen-bond donors (Lipinski definition) is 4. The highest BCUT2D eigenvalue weighted by atomic mass is 16.5. The van der Waals surface area contributed by atoms with Crippen molar-refractivity contribution in [3.8, 4) is 40.1 Å². The Bertz CT molecular complexity index is 1320. The van der Waals surface area contributed by atoms with E-state index in [0.717, 1.165) is 25.3 Å². The topological polar surface area (TPSA) is 120 Å². The standard InChI is InChI=1S/C25H26O7/c1-24(2)7-4-8-25(3)18(24)11-14-13(5-6-15(27)22(14)32-25)23-21(30)20(29)19-16(28)9-12(26)10-17(19)31-23/h5-6,9-10,18,26-28,30H,4,7-8,11H2,1-3H3/t18-,25-/m0/s1. The van der Waals surface area contributed by atoms with Crippen molar-refractivity contribution in [1.82, 2.24) is 0 Å². The molecule has 0 unspecified atom stereocenters. The van der Waals surface area contributed by atoms with Crippen molar-refractivity contribution in [2.24, 2.45) is 11.3 Å². The van der Waals surface area contributed by atoms with Gasteiger partial charge in [0.15, 0.2) is 17.3 Å². The first-order valence-corrected chi connectivity index (χ1v) is 10.8. The molecule has 2 aliphatic rings. The minimum Gasteiger partial charge on any atom is -0.508 e. The number of benzene rings is 2. The number of hydrogen-bond acceptors (Lipinski definition) is 7. The minimum absolute atomic E-state index is 0.00271. The van der Waals surface area contributed by atoms with E-state index in [1.807, 2.05) is 0 Å². The number of phenols is 3. The van der Waals surface area contributed by atoms with E-state index in [0.29, 0.717) is 23.3 Å². The fourth-order valence-electron chi connectivity index (χ4n) is 5.72. The average molecular weight is 438 g/mol. The van der Waals surface area contributed by atoms with Crippen LogP contribution in [0.5, 0.6) is 28.7 Å². The van der Waals surface area contributed by atoms with E-state index in [1.165, 1.54) is 12.1 Å². The largest absolute Gasteiger partial charge is 0.508 e. The fraction of sp³-hybridized carbons (Fsp3) is 0.400. The van der Waals surface area contributed by atoms with Crippen molar-refractivity contribution in [2.45, 2.75) is 52.1 Å². The molecule has 2 aromatic carbocycles. The summed E-state index contributed by atoms with van der Waals surface area (Å²) in [6, 6.07) is 5.27. The zero-order valence-corrected chi connectivity index (χ0v) is 18.2. The normalized spacial score (nSPS) is 23.9. The molecule has 7 nitrogen and oxygen atoms in total. The van der Waals surface area contributed by atoms with E-state index < -0.39 is 22.5 Å². The van der Waals surface area contributed by atoms with Gasteiger partial charge in [0.1, 0.15) is 28.1 Å². The van der Waals surface area contributed by atoms with E-state index in [4.69, 9.17) is 9.15 Å². The van der Waals surface area contributed by atoms with E-state index in [2.05, 4.69) is 20.8 Å². The smallest absolute Gasteiger partial charge is 0.238 e. The highest BCUT2D eigenvalue weighted by Gasteiger charge is 2.51. The Morgan fingerprint density at radius 2 is 1.75 bits per heavy atom. The van der Waals surface area contributed by atoms with Crippen LogP contribution in [0.4, 0.5) is 0 Å². The summed E-state index contributed by atoms with van der Waals surface area (Å²) in [5.41, 5.74) is -0.210. The van der Waals surface area contributed by atoms with Gasteiger partial charge in [-0.1, -0.05) is 13.8 Å². The van der Waals surface area contributed by atoms with E-state index in [-0.39, 0.29) is 39.6 Å². The average Bonchev–Trinajstić information content (AvgIpc) is 2.70. The number of ether oxygens (including phenoxy) is 1. The maximum Gasteiger partial charge on any atom is 0.238 e. The van der Waals surface area contributed by atoms with Gasteiger partial charge in [0.2, 0.25) is 11.2 Å². The van der Waals surface area contributed by atoms with Crippen molar-refractivity contribution in [3.05, 3.63) is 40.1 Å². The van der Waals surface area contributed by atoms with Gasteiger partial charge in [0.05, 0.1) is 0 Å². The van der Waals surface area contributed by atoms with Gasteiger partial charge in [0.25, 0.3) is 0 Å². The van der Waals surface area contributed by atoms with Crippen molar-refractivity contribution < 1.29 is 29.6 Å². The second-order valence-corrected chi connectivity index (χ2v) is 9.90. The molecule has 0 spiro atoms. The monoisotopic (exact) mass is 438 g/mol.